The van der Waals surface area contributed by atoms with Gasteiger partial charge in [0.05, 0.1) is 17.6 Å². The first-order valence-corrected chi connectivity index (χ1v) is 10.2. The third-order valence-electron chi connectivity index (χ3n) is 4.64. The topological polar surface area (TPSA) is 27.1 Å². The average Bonchev–Trinajstić information content (AvgIpc) is 3.26. The van der Waals surface area contributed by atoms with Gasteiger partial charge in [0.2, 0.25) is 0 Å². The standard InChI is InChI=1S/C23H24N2OS/c1-17-13-18(2)15-19(14-17)26-11-6-10-25-22-9-4-3-8-21(22)24-23(25)16-20-7-5-12-27-20/h3-5,7-9,12-15H,6,10-11,16H2,1-2H3. The van der Waals surface area contributed by atoms with Gasteiger partial charge in [0.1, 0.15) is 11.6 Å². The van der Waals surface area contributed by atoms with Gasteiger partial charge < -0.3 is 9.30 Å². The van der Waals surface area contributed by atoms with Crippen LogP contribution in [0.15, 0.2) is 60.0 Å². The second-order valence-corrected chi connectivity index (χ2v) is 7.98. The minimum absolute atomic E-state index is 0.702. The van der Waals surface area contributed by atoms with Crippen molar-refractivity contribution in [3.05, 3.63) is 81.8 Å². The first kappa shape index (κ1) is 17.8. The van der Waals surface area contributed by atoms with Gasteiger partial charge in [-0.15, -0.1) is 11.3 Å². The molecular weight excluding hydrogens is 352 g/mol. The maximum atomic E-state index is 5.99. The number of fused-ring (bicyclic) bond motifs is 1. The van der Waals surface area contributed by atoms with Gasteiger partial charge in [-0.1, -0.05) is 24.3 Å². The van der Waals surface area contributed by atoms with Crippen LogP contribution in [0.5, 0.6) is 5.75 Å². The van der Waals surface area contributed by atoms with Crippen LogP contribution in [0.1, 0.15) is 28.2 Å². The smallest absolute Gasteiger partial charge is 0.119 e. The Morgan fingerprint density at radius 2 is 1.81 bits per heavy atom. The highest BCUT2D eigenvalue weighted by Gasteiger charge is 2.11. The molecule has 0 atom stereocenters. The van der Waals surface area contributed by atoms with E-state index in [1.54, 1.807) is 11.3 Å². The number of hydrogen-bond acceptors (Lipinski definition) is 3. The summed E-state index contributed by atoms with van der Waals surface area (Å²) in [6.45, 7) is 5.82. The van der Waals surface area contributed by atoms with Gasteiger partial charge in [-0.25, -0.2) is 4.98 Å². The summed E-state index contributed by atoms with van der Waals surface area (Å²) in [5.41, 5.74) is 4.75. The number of imidazole rings is 1. The SMILES string of the molecule is Cc1cc(C)cc(OCCCn2c(Cc3cccs3)nc3ccccc32)c1. The van der Waals surface area contributed by atoms with Crippen LogP contribution in [-0.4, -0.2) is 16.2 Å². The van der Waals surface area contributed by atoms with E-state index in [0.717, 1.165) is 36.5 Å². The Morgan fingerprint density at radius 3 is 2.59 bits per heavy atom. The first-order valence-electron chi connectivity index (χ1n) is 9.37. The molecule has 0 saturated heterocycles. The average molecular weight is 377 g/mol. The van der Waals surface area contributed by atoms with E-state index in [1.165, 1.54) is 21.5 Å². The summed E-state index contributed by atoms with van der Waals surface area (Å²) in [6, 6.07) is 19.0. The number of hydrogen-bond donors (Lipinski definition) is 0. The molecule has 4 aromatic rings. The molecular formula is C23H24N2OS. The summed E-state index contributed by atoms with van der Waals surface area (Å²) >= 11 is 1.79. The molecule has 0 fully saturated rings. The summed E-state index contributed by atoms with van der Waals surface area (Å²) in [5.74, 6) is 2.09. The zero-order valence-electron chi connectivity index (χ0n) is 15.8. The Labute approximate surface area is 164 Å². The first-order chi connectivity index (χ1) is 13.2. The van der Waals surface area contributed by atoms with Crippen LogP contribution in [-0.2, 0) is 13.0 Å². The normalized spacial score (nSPS) is 11.2. The van der Waals surface area contributed by atoms with Gasteiger partial charge in [-0.2, -0.15) is 0 Å². The molecule has 4 heteroatoms. The third-order valence-corrected chi connectivity index (χ3v) is 5.51. The predicted molar refractivity (Wildman–Crippen MR) is 113 cm³/mol. The van der Waals surface area contributed by atoms with Crippen LogP contribution in [0.2, 0.25) is 0 Å². The van der Waals surface area contributed by atoms with Crippen LogP contribution >= 0.6 is 11.3 Å². The fourth-order valence-electron chi connectivity index (χ4n) is 3.51. The van der Waals surface area contributed by atoms with Gasteiger partial charge in [0.25, 0.3) is 0 Å². The Kier molecular flexibility index (Phi) is 5.26. The van der Waals surface area contributed by atoms with Gasteiger partial charge >= 0.3 is 0 Å². The van der Waals surface area contributed by atoms with Gasteiger partial charge in [-0.3, -0.25) is 0 Å². The van der Waals surface area contributed by atoms with Crippen LogP contribution < -0.4 is 4.74 Å². The van der Waals surface area contributed by atoms with Crippen molar-refractivity contribution in [2.24, 2.45) is 0 Å². The zero-order chi connectivity index (χ0) is 18.6. The summed E-state index contributed by atoms with van der Waals surface area (Å²) < 4.78 is 8.34. The van der Waals surface area contributed by atoms with E-state index < -0.39 is 0 Å². The quantitative estimate of drug-likeness (QED) is 0.383. The minimum Gasteiger partial charge on any atom is -0.494 e. The molecule has 0 aliphatic heterocycles. The number of rotatable bonds is 7. The Hall–Kier alpha value is -2.59. The van der Waals surface area contributed by atoms with E-state index in [1.807, 2.05) is 0 Å². The number of benzene rings is 2. The maximum absolute atomic E-state index is 5.99. The molecule has 0 radical (unpaired) electrons. The van der Waals surface area contributed by atoms with Crippen molar-refractivity contribution in [1.82, 2.24) is 9.55 Å². The lowest BCUT2D eigenvalue weighted by atomic mass is 10.1. The second kappa shape index (κ2) is 7.97. The van der Waals surface area contributed by atoms with E-state index in [-0.39, 0.29) is 0 Å². The van der Waals surface area contributed by atoms with E-state index in [4.69, 9.17) is 9.72 Å². The van der Waals surface area contributed by atoms with Crippen LogP contribution in [0.25, 0.3) is 11.0 Å². The highest BCUT2D eigenvalue weighted by atomic mass is 32.1. The molecule has 3 nitrogen and oxygen atoms in total. The Balaban J connectivity index is 1.47. The summed E-state index contributed by atoms with van der Waals surface area (Å²) in [4.78, 5) is 6.22. The Bertz CT molecular complexity index is 1010. The fraction of sp³-hybridized carbons (Fsp3) is 0.261. The van der Waals surface area contributed by atoms with Crippen molar-refractivity contribution in [3.8, 4) is 5.75 Å². The lowest BCUT2D eigenvalue weighted by Crippen LogP contribution is -2.08. The van der Waals surface area contributed by atoms with Crippen molar-refractivity contribution in [3.63, 3.8) is 0 Å². The molecule has 0 bridgehead atoms. The molecule has 2 aromatic heterocycles. The molecule has 2 aromatic carbocycles. The molecule has 138 valence electrons. The number of aryl methyl sites for hydroxylation is 3. The van der Waals surface area contributed by atoms with Crippen LogP contribution in [0.3, 0.4) is 0 Å². The predicted octanol–water partition coefficient (Wildman–Crippen LogP) is 5.77. The summed E-state index contributed by atoms with van der Waals surface area (Å²) in [5, 5.41) is 2.13. The molecule has 0 saturated carbocycles. The minimum atomic E-state index is 0.702. The van der Waals surface area contributed by atoms with Crippen molar-refractivity contribution in [2.75, 3.05) is 6.61 Å². The summed E-state index contributed by atoms with van der Waals surface area (Å²) in [6.07, 6.45) is 1.83. The Morgan fingerprint density at radius 1 is 1.00 bits per heavy atom. The van der Waals surface area contributed by atoms with Gasteiger partial charge in [-0.05, 0) is 67.1 Å². The number of nitrogens with zero attached hydrogens (tertiary/aromatic N) is 2. The van der Waals surface area contributed by atoms with Crippen LogP contribution in [0.4, 0.5) is 0 Å². The third kappa shape index (κ3) is 4.22. The highest BCUT2D eigenvalue weighted by molar-refractivity contribution is 7.09. The fourth-order valence-corrected chi connectivity index (χ4v) is 4.21. The second-order valence-electron chi connectivity index (χ2n) is 6.95. The molecule has 4 rings (SSSR count). The highest BCUT2D eigenvalue weighted by Crippen LogP contribution is 2.21. The van der Waals surface area contributed by atoms with E-state index in [2.05, 4.69) is 78.4 Å². The van der Waals surface area contributed by atoms with Crippen molar-refractivity contribution in [1.29, 1.82) is 0 Å². The molecule has 0 unspecified atom stereocenters. The van der Waals surface area contributed by atoms with Crippen molar-refractivity contribution >= 4 is 22.4 Å². The molecule has 2 heterocycles. The molecule has 0 amide bonds. The summed E-state index contributed by atoms with van der Waals surface area (Å²) in [7, 11) is 0. The number of thiophene rings is 1. The monoisotopic (exact) mass is 376 g/mol. The maximum Gasteiger partial charge on any atom is 0.119 e. The van der Waals surface area contributed by atoms with Crippen molar-refractivity contribution in [2.45, 2.75) is 33.2 Å². The molecule has 0 aliphatic carbocycles. The molecule has 0 aliphatic rings. The number of para-hydroxylation sites is 2. The van der Waals surface area contributed by atoms with Gasteiger partial charge in [0, 0.05) is 17.8 Å². The number of aromatic nitrogens is 2. The van der Waals surface area contributed by atoms with Crippen LogP contribution in [0, 0.1) is 13.8 Å². The number of ether oxygens (including phenoxy) is 1. The van der Waals surface area contributed by atoms with Crippen molar-refractivity contribution < 1.29 is 4.74 Å². The van der Waals surface area contributed by atoms with E-state index in [9.17, 15) is 0 Å². The lowest BCUT2D eigenvalue weighted by molar-refractivity contribution is 0.301. The van der Waals surface area contributed by atoms with E-state index in [0.29, 0.717) is 6.61 Å². The van der Waals surface area contributed by atoms with E-state index >= 15 is 0 Å². The van der Waals surface area contributed by atoms with Gasteiger partial charge in [0.15, 0.2) is 0 Å². The molecule has 0 N–H and O–H groups in total. The molecule has 27 heavy (non-hydrogen) atoms. The lowest BCUT2D eigenvalue weighted by Gasteiger charge is -2.11. The zero-order valence-corrected chi connectivity index (χ0v) is 16.6. The molecule has 0 spiro atoms. The largest absolute Gasteiger partial charge is 0.494 e.